The van der Waals surface area contributed by atoms with Crippen molar-refractivity contribution < 1.29 is 29.2 Å². The quantitative estimate of drug-likeness (QED) is 0.655. The molecular weight excluding hydrogens is 292 g/mol. The molecule has 0 spiro atoms. The highest BCUT2D eigenvalue weighted by molar-refractivity contribution is 5.86. The molecule has 120 valence electrons. The SMILES string of the molecule is CCOc1c(O)c2cc(OCCC(O)CO)ccc2oc1=O. The Bertz CT molecular complexity index is 692. The molecular formula is C15H18O7. The molecule has 2 aromatic rings. The number of hydrogen-bond acceptors (Lipinski definition) is 7. The molecule has 0 bridgehead atoms. The third kappa shape index (κ3) is 3.49. The van der Waals surface area contributed by atoms with Gasteiger partial charge < -0.3 is 29.2 Å². The number of rotatable bonds is 7. The molecule has 1 heterocycles. The Hall–Kier alpha value is -2.25. The third-order valence-electron chi connectivity index (χ3n) is 3.03. The Kier molecular flexibility index (Phi) is 5.24. The molecule has 0 aliphatic heterocycles. The molecule has 0 amide bonds. The minimum absolute atomic E-state index is 0.198. The van der Waals surface area contributed by atoms with Gasteiger partial charge >= 0.3 is 5.63 Å². The Balaban J connectivity index is 2.27. The first-order valence-electron chi connectivity index (χ1n) is 6.91. The fourth-order valence-electron chi connectivity index (χ4n) is 1.91. The summed E-state index contributed by atoms with van der Waals surface area (Å²) in [5.41, 5.74) is -0.528. The van der Waals surface area contributed by atoms with E-state index in [0.717, 1.165) is 0 Å². The van der Waals surface area contributed by atoms with Crippen LogP contribution in [-0.2, 0) is 0 Å². The van der Waals surface area contributed by atoms with E-state index < -0.39 is 11.7 Å². The molecule has 7 nitrogen and oxygen atoms in total. The second kappa shape index (κ2) is 7.15. The van der Waals surface area contributed by atoms with Crippen molar-refractivity contribution in [1.29, 1.82) is 0 Å². The van der Waals surface area contributed by atoms with Crippen molar-refractivity contribution in [1.82, 2.24) is 0 Å². The van der Waals surface area contributed by atoms with Crippen molar-refractivity contribution in [2.24, 2.45) is 0 Å². The van der Waals surface area contributed by atoms with Gasteiger partial charge in [0.15, 0.2) is 5.75 Å². The molecule has 0 aliphatic carbocycles. The summed E-state index contributed by atoms with van der Waals surface area (Å²) in [5, 5.41) is 28.4. The molecule has 1 atom stereocenters. The van der Waals surface area contributed by atoms with Gasteiger partial charge in [0.25, 0.3) is 0 Å². The van der Waals surface area contributed by atoms with Gasteiger partial charge in [-0.3, -0.25) is 0 Å². The highest BCUT2D eigenvalue weighted by Crippen LogP contribution is 2.33. The number of benzene rings is 1. The van der Waals surface area contributed by atoms with Crippen LogP contribution in [0.5, 0.6) is 17.2 Å². The van der Waals surface area contributed by atoms with Gasteiger partial charge in [-0.15, -0.1) is 0 Å². The normalized spacial score (nSPS) is 12.3. The fourth-order valence-corrected chi connectivity index (χ4v) is 1.91. The zero-order valence-corrected chi connectivity index (χ0v) is 12.1. The summed E-state index contributed by atoms with van der Waals surface area (Å²) in [6.45, 7) is 1.78. The predicted octanol–water partition coefficient (Wildman–Crippen LogP) is 1.02. The topological polar surface area (TPSA) is 109 Å². The molecule has 2 rings (SSSR count). The molecule has 0 saturated carbocycles. The largest absolute Gasteiger partial charge is 0.504 e. The van der Waals surface area contributed by atoms with Gasteiger partial charge in [-0.2, -0.15) is 0 Å². The van der Waals surface area contributed by atoms with Crippen molar-refractivity contribution in [3.8, 4) is 17.2 Å². The lowest BCUT2D eigenvalue weighted by Crippen LogP contribution is -2.15. The van der Waals surface area contributed by atoms with E-state index in [1.807, 2.05) is 0 Å². The molecule has 0 fully saturated rings. The Labute approximate surface area is 126 Å². The first-order valence-corrected chi connectivity index (χ1v) is 6.91. The van der Waals surface area contributed by atoms with Crippen molar-refractivity contribution in [2.45, 2.75) is 19.4 Å². The average Bonchev–Trinajstić information content (AvgIpc) is 2.51. The van der Waals surface area contributed by atoms with Crippen LogP contribution in [0.3, 0.4) is 0 Å². The van der Waals surface area contributed by atoms with Gasteiger partial charge in [-0.05, 0) is 25.1 Å². The maximum absolute atomic E-state index is 11.7. The maximum atomic E-state index is 11.7. The number of aliphatic hydroxyl groups is 2. The fraction of sp³-hybridized carbons (Fsp3) is 0.400. The predicted molar refractivity (Wildman–Crippen MR) is 78.5 cm³/mol. The van der Waals surface area contributed by atoms with Crippen LogP contribution in [0.15, 0.2) is 27.4 Å². The first kappa shape index (κ1) is 16.1. The second-order valence-corrected chi connectivity index (χ2v) is 4.63. The molecule has 0 radical (unpaired) electrons. The molecule has 1 unspecified atom stereocenters. The van der Waals surface area contributed by atoms with Gasteiger partial charge in [0.2, 0.25) is 5.75 Å². The van der Waals surface area contributed by atoms with E-state index in [4.69, 9.17) is 19.0 Å². The molecule has 1 aromatic heterocycles. The summed E-state index contributed by atoms with van der Waals surface area (Å²) in [4.78, 5) is 11.7. The second-order valence-electron chi connectivity index (χ2n) is 4.63. The van der Waals surface area contributed by atoms with E-state index in [0.29, 0.717) is 11.1 Å². The zero-order chi connectivity index (χ0) is 16.1. The van der Waals surface area contributed by atoms with Crippen LogP contribution in [0, 0.1) is 0 Å². The lowest BCUT2D eigenvalue weighted by Gasteiger charge is -2.11. The standard InChI is InChI=1S/C15H18O7/c1-2-20-14-13(18)11-7-10(21-6-5-9(17)8-16)3-4-12(11)22-15(14)19/h3-4,7,9,16-18H,2,5-6,8H2,1H3. The van der Waals surface area contributed by atoms with E-state index in [1.165, 1.54) is 12.1 Å². The van der Waals surface area contributed by atoms with E-state index in [-0.39, 0.29) is 43.3 Å². The van der Waals surface area contributed by atoms with Crippen molar-refractivity contribution in [2.75, 3.05) is 19.8 Å². The summed E-state index contributed by atoms with van der Waals surface area (Å²) in [6.07, 6.45) is -0.564. The number of fused-ring (bicyclic) bond motifs is 1. The summed E-state index contributed by atoms with van der Waals surface area (Å²) < 4.78 is 15.6. The smallest absolute Gasteiger partial charge is 0.383 e. The zero-order valence-electron chi connectivity index (χ0n) is 12.1. The van der Waals surface area contributed by atoms with Gasteiger partial charge in [-0.25, -0.2) is 4.79 Å². The van der Waals surface area contributed by atoms with E-state index >= 15 is 0 Å². The molecule has 7 heteroatoms. The minimum atomic E-state index is -0.837. The lowest BCUT2D eigenvalue weighted by atomic mass is 10.2. The Morgan fingerprint density at radius 3 is 2.77 bits per heavy atom. The van der Waals surface area contributed by atoms with Crippen molar-refractivity contribution in [3.63, 3.8) is 0 Å². The Morgan fingerprint density at radius 2 is 2.09 bits per heavy atom. The maximum Gasteiger partial charge on any atom is 0.383 e. The van der Waals surface area contributed by atoms with Crippen LogP contribution in [0.2, 0.25) is 0 Å². The molecule has 3 N–H and O–H groups in total. The summed E-state index contributed by atoms with van der Waals surface area (Å²) in [5.74, 6) is -0.0963. The van der Waals surface area contributed by atoms with Gasteiger partial charge in [0.1, 0.15) is 11.3 Å². The van der Waals surface area contributed by atoms with Crippen molar-refractivity contribution in [3.05, 3.63) is 28.6 Å². The monoisotopic (exact) mass is 310 g/mol. The molecule has 1 aromatic carbocycles. The summed E-state index contributed by atoms with van der Waals surface area (Å²) >= 11 is 0. The summed E-state index contributed by atoms with van der Waals surface area (Å²) in [7, 11) is 0. The highest BCUT2D eigenvalue weighted by atomic mass is 16.5. The molecule has 0 saturated heterocycles. The van der Waals surface area contributed by atoms with Gasteiger partial charge in [0, 0.05) is 6.42 Å². The average molecular weight is 310 g/mol. The van der Waals surface area contributed by atoms with Crippen molar-refractivity contribution >= 4 is 11.0 Å². The van der Waals surface area contributed by atoms with Crippen LogP contribution in [0.25, 0.3) is 11.0 Å². The van der Waals surface area contributed by atoms with Crippen LogP contribution in [-0.4, -0.2) is 41.2 Å². The number of hydrogen-bond donors (Lipinski definition) is 3. The van der Waals surface area contributed by atoms with E-state index in [1.54, 1.807) is 13.0 Å². The van der Waals surface area contributed by atoms with Crippen LogP contribution in [0.4, 0.5) is 0 Å². The lowest BCUT2D eigenvalue weighted by molar-refractivity contribution is 0.0754. The number of aliphatic hydroxyl groups excluding tert-OH is 2. The minimum Gasteiger partial charge on any atom is -0.504 e. The van der Waals surface area contributed by atoms with Crippen LogP contribution >= 0.6 is 0 Å². The Morgan fingerprint density at radius 1 is 1.32 bits per heavy atom. The first-order chi connectivity index (χ1) is 10.6. The summed E-state index contributed by atoms with van der Waals surface area (Å²) in [6, 6.07) is 4.60. The van der Waals surface area contributed by atoms with E-state index in [2.05, 4.69) is 0 Å². The number of ether oxygens (including phenoxy) is 2. The number of aromatic hydroxyl groups is 1. The molecule has 22 heavy (non-hydrogen) atoms. The van der Waals surface area contributed by atoms with Gasteiger partial charge in [-0.1, -0.05) is 0 Å². The van der Waals surface area contributed by atoms with Crippen LogP contribution in [0.1, 0.15) is 13.3 Å². The van der Waals surface area contributed by atoms with Crippen LogP contribution < -0.4 is 15.1 Å². The third-order valence-corrected chi connectivity index (χ3v) is 3.03. The molecule has 0 aliphatic rings. The van der Waals surface area contributed by atoms with Gasteiger partial charge in [0.05, 0.1) is 31.3 Å². The highest BCUT2D eigenvalue weighted by Gasteiger charge is 2.15. The van der Waals surface area contributed by atoms with E-state index in [9.17, 15) is 15.0 Å².